The third-order valence-electron chi connectivity index (χ3n) is 4.76. The molecule has 1 fully saturated rings. The fraction of sp³-hybridized carbons (Fsp3) is 0.421. The molecule has 2 aromatic rings. The Balaban J connectivity index is 1.67. The first-order chi connectivity index (χ1) is 12.6. The van der Waals surface area contributed by atoms with E-state index in [1.165, 1.54) is 0 Å². The number of rotatable bonds is 6. The van der Waals surface area contributed by atoms with Gasteiger partial charge in [0.2, 0.25) is 0 Å². The van der Waals surface area contributed by atoms with Crippen molar-refractivity contribution in [3.05, 3.63) is 47.8 Å². The van der Waals surface area contributed by atoms with Crippen molar-refractivity contribution in [2.45, 2.75) is 19.8 Å². The molecule has 1 saturated heterocycles. The molecule has 1 aliphatic rings. The summed E-state index contributed by atoms with van der Waals surface area (Å²) in [7, 11) is 0. The average molecular weight is 357 g/mol. The van der Waals surface area contributed by atoms with E-state index in [-0.39, 0.29) is 24.1 Å². The van der Waals surface area contributed by atoms with Crippen molar-refractivity contribution in [1.82, 2.24) is 15.1 Å². The Kier molecular flexibility index (Phi) is 5.68. The van der Waals surface area contributed by atoms with E-state index in [0.29, 0.717) is 26.1 Å². The summed E-state index contributed by atoms with van der Waals surface area (Å²) in [6.07, 6.45) is 1.41. The summed E-state index contributed by atoms with van der Waals surface area (Å²) in [5.74, 6) is -1.84. The Labute approximate surface area is 152 Å². The largest absolute Gasteiger partial charge is 0.481 e. The summed E-state index contributed by atoms with van der Waals surface area (Å²) in [6.45, 7) is 3.11. The van der Waals surface area contributed by atoms with Crippen LogP contribution in [-0.4, -0.2) is 46.5 Å². The van der Waals surface area contributed by atoms with Gasteiger partial charge < -0.3 is 15.2 Å². The maximum atomic E-state index is 12.4. The zero-order valence-corrected chi connectivity index (χ0v) is 14.7. The van der Waals surface area contributed by atoms with E-state index in [1.54, 1.807) is 10.7 Å². The average Bonchev–Trinajstić information content (AvgIpc) is 3.05. The fourth-order valence-corrected chi connectivity index (χ4v) is 3.28. The van der Waals surface area contributed by atoms with Gasteiger partial charge in [0.15, 0.2) is 5.69 Å². The van der Waals surface area contributed by atoms with Gasteiger partial charge in [0.25, 0.3) is 5.91 Å². The van der Waals surface area contributed by atoms with Gasteiger partial charge in [-0.2, -0.15) is 5.10 Å². The van der Waals surface area contributed by atoms with Crippen LogP contribution in [-0.2, 0) is 9.53 Å². The quantitative estimate of drug-likeness (QED) is 0.825. The molecule has 1 amide bonds. The molecule has 26 heavy (non-hydrogen) atoms. The lowest BCUT2D eigenvalue weighted by Gasteiger charge is -2.27. The number of carbonyl (C=O) groups excluding carboxylic acids is 1. The Hall–Kier alpha value is -2.67. The molecule has 2 heterocycles. The first-order valence-corrected chi connectivity index (χ1v) is 8.77. The van der Waals surface area contributed by atoms with Gasteiger partial charge in [-0.1, -0.05) is 18.2 Å². The van der Waals surface area contributed by atoms with Crippen LogP contribution in [0.5, 0.6) is 0 Å². The smallest absolute Gasteiger partial charge is 0.308 e. The number of amides is 1. The summed E-state index contributed by atoms with van der Waals surface area (Å²) >= 11 is 0. The highest BCUT2D eigenvalue weighted by molar-refractivity contribution is 5.92. The molecule has 3 rings (SSSR count). The Morgan fingerprint density at radius 2 is 2.00 bits per heavy atom. The zero-order valence-electron chi connectivity index (χ0n) is 14.7. The molecule has 138 valence electrons. The van der Waals surface area contributed by atoms with Crippen LogP contribution in [0.1, 0.15) is 29.0 Å². The SMILES string of the molecule is Cc1cc(C(=O)NCC(C(=O)O)C2CCOCC2)nn1-c1ccccc1. The number of aromatic nitrogens is 2. The van der Waals surface area contributed by atoms with E-state index >= 15 is 0 Å². The Morgan fingerprint density at radius 3 is 2.65 bits per heavy atom. The number of benzene rings is 1. The van der Waals surface area contributed by atoms with E-state index < -0.39 is 11.9 Å². The summed E-state index contributed by atoms with van der Waals surface area (Å²) in [4.78, 5) is 24.0. The molecular formula is C19H23N3O4. The fourth-order valence-electron chi connectivity index (χ4n) is 3.28. The van der Waals surface area contributed by atoms with Crippen molar-refractivity contribution >= 4 is 11.9 Å². The molecule has 1 atom stereocenters. The highest BCUT2D eigenvalue weighted by Crippen LogP contribution is 2.24. The van der Waals surface area contributed by atoms with E-state index in [1.807, 2.05) is 37.3 Å². The van der Waals surface area contributed by atoms with Gasteiger partial charge in [0.1, 0.15) is 0 Å². The van der Waals surface area contributed by atoms with Crippen molar-refractivity contribution in [1.29, 1.82) is 0 Å². The number of carbonyl (C=O) groups is 2. The molecule has 0 bridgehead atoms. The van der Waals surface area contributed by atoms with Crippen LogP contribution in [0.4, 0.5) is 0 Å². The van der Waals surface area contributed by atoms with E-state index in [0.717, 1.165) is 11.4 Å². The minimum absolute atomic E-state index is 0.0187. The van der Waals surface area contributed by atoms with Crippen LogP contribution in [0.25, 0.3) is 5.69 Å². The van der Waals surface area contributed by atoms with Gasteiger partial charge in [0, 0.05) is 25.5 Å². The number of nitrogens with one attached hydrogen (secondary N) is 1. The molecule has 1 unspecified atom stereocenters. The van der Waals surface area contributed by atoms with Gasteiger partial charge in [-0.3, -0.25) is 9.59 Å². The number of carboxylic acid groups (broad SMARTS) is 1. The first kappa shape index (κ1) is 18.1. The number of nitrogens with zero attached hydrogens (tertiary/aromatic N) is 2. The zero-order chi connectivity index (χ0) is 18.5. The summed E-state index contributed by atoms with van der Waals surface area (Å²) < 4.78 is 6.99. The normalized spacial score (nSPS) is 16.2. The molecule has 2 N–H and O–H groups in total. The molecule has 0 aliphatic carbocycles. The number of para-hydroxylation sites is 1. The van der Waals surface area contributed by atoms with Crippen molar-refractivity contribution in [3.63, 3.8) is 0 Å². The maximum Gasteiger partial charge on any atom is 0.308 e. The van der Waals surface area contributed by atoms with Crippen LogP contribution in [0.3, 0.4) is 0 Å². The number of carboxylic acids is 1. The van der Waals surface area contributed by atoms with Crippen molar-refractivity contribution in [2.24, 2.45) is 11.8 Å². The maximum absolute atomic E-state index is 12.4. The van der Waals surface area contributed by atoms with Crippen LogP contribution in [0.2, 0.25) is 0 Å². The minimum atomic E-state index is -0.886. The van der Waals surface area contributed by atoms with Gasteiger partial charge in [-0.25, -0.2) is 4.68 Å². The highest BCUT2D eigenvalue weighted by Gasteiger charge is 2.30. The number of aliphatic carboxylic acids is 1. The summed E-state index contributed by atoms with van der Waals surface area (Å²) in [5, 5.41) is 16.6. The highest BCUT2D eigenvalue weighted by atomic mass is 16.5. The number of hydrogen-bond donors (Lipinski definition) is 2. The molecular weight excluding hydrogens is 334 g/mol. The molecule has 1 aliphatic heterocycles. The lowest BCUT2D eigenvalue weighted by atomic mass is 9.86. The Bertz CT molecular complexity index is 766. The van der Waals surface area contributed by atoms with Crippen molar-refractivity contribution in [2.75, 3.05) is 19.8 Å². The van der Waals surface area contributed by atoms with Crippen LogP contribution in [0.15, 0.2) is 36.4 Å². The van der Waals surface area contributed by atoms with Gasteiger partial charge in [-0.05, 0) is 43.9 Å². The molecule has 7 nitrogen and oxygen atoms in total. The number of aryl methyl sites for hydroxylation is 1. The van der Waals surface area contributed by atoms with E-state index in [9.17, 15) is 14.7 Å². The molecule has 7 heteroatoms. The van der Waals surface area contributed by atoms with Gasteiger partial charge in [-0.15, -0.1) is 0 Å². The van der Waals surface area contributed by atoms with Crippen LogP contribution in [0, 0.1) is 18.8 Å². The van der Waals surface area contributed by atoms with Crippen molar-refractivity contribution < 1.29 is 19.4 Å². The Morgan fingerprint density at radius 1 is 1.31 bits per heavy atom. The second kappa shape index (κ2) is 8.14. The van der Waals surface area contributed by atoms with Gasteiger partial charge >= 0.3 is 5.97 Å². The summed E-state index contributed by atoms with van der Waals surface area (Å²) in [6, 6.07) is 11.2. The lowest BCUT2D eigenvalue weighted by Crippen LogP contribution is -2.39. The minimum Gasteiger partial charge on any atom is -0.481 e. The second-order valence-corrected chi connectivity index (χ2v) is 6.52. The standard InChI is InChI=1S/C19H23N3O4/c1-13-11-17(21-22(13)15-5-3-2-4-6-15)18(23)20-12-16(19(24)25)14-7-9-26-10-8-14/h2-6,11,14,16H,7-10,12H2,1H3,(H,20,23)(H,24,25). The van der Waals surface area contributed by atoms with Crippen LogP contribution < -0.4 is 5.32 Å². The molecule has 0 radical (unpaired) electrons. The molecule has 1 aromatic heterocycles. The summed E-state index contributed by atoms with van der Waals surface area (Å²) in [5.41, 5.74) is 1.98. The monoisotopic (exact) mass is 357 g/mol. The van der Waals surface area contributed by atoms with Gasteiger partial charge in [0.05, 0.1) is 11.6 Å². The lowest BCUT2D eigenvalue weighted by molar-refractivity contribution is -0.144. The number of hydrogen-bond acceptors (Lipinski definition) is 4. The number of ether oxygens (including phenoxy) is 1. The third kappa shape index (κ3) is 4.11. The first-order valence-electron chi connectivity index (χ1n) is 8.77. The third-order valence-corrected chi connectivity index (χ3v) is 4.76. The molecule has 0 saturated carbocycles. The molecule has 1 aromatic carbocycles. The predicted octanol–water partition coefficient (Wildman–Crippen LogP) is 2.04. The second-order valence-electron chi connectivity index (χ2n) is 6.52. The molecule has 0 spiro atoms. The predicted molar refractivity (Wildman–Crippen MR) is 95.3 cm³/mol. The van der Waals surface area contributed by atoms with E-state index in [2.05, 4.69) is 10.4 Å². The topological polar surface area (TPSA) is 93.5 Å². The van der Waals surface area contributed by atoms with Crippen LogP contribution >= 0.6 is 0 Å². The van der Waals surface area contributed by atoms with E-state index in [4.69, 9.17) is 4.74 Å². The van der Waals surface area contributed by atoms with Crippen molar-refractivity contribution in [3.8, 4) is 5.69 Å².